The molecule has 2 aromatic carbocycles. The summed E-state index contributed by atoms with van der Waals surface area (Å²) in [5.74, 6) is 1.03. The molecule has 3 aromatic rings. The van der Waals surface area contributed by atoms with E-state index in [2.05, 4.69) is 10.3 Å². The Morgan fingerprint density at radius 3 is 3.08 bits per heavy atom. The third-order valence-corrected chi connectivity index (χ3v) is 5.18. The van der Waals surface area contributed by atoms with E-state index in [1.165, 1.54) is 11.3 Å². The lowest BCUT2D eigenvalue weighted by Crippen LogP contribution is -2.25. The van der Waals surface area contributed by atoms with Gasteiger partial charge in [0.05, 0.1) is 10.2 Å². The number of carbonyl (C=O) groups excluding carboxylic acids is 1. The fourth-order valence-electron chi connectivity index (χ4n) is 2.95. The van der Waals surface area contributed by atoms with Crippen LogP contribution in [-0.2, 0) is 11.2 Å². The third kappa shape index (κ3) is 3.48. The van der Waals surface area contributed by atoms with Crippen LogP contribution in [0.1, 0.15) is 19.4 Å². The van der Waals surface area contributed by atoms with Crippen molar-refractivity contribution in [1.29, 1.82) is 0 Å². The Balaban J connectivity index is 1.42. The molecule has 0 aliphatic carbocycles. The lowest BCUT2D eigenvalue weighted by molar-refractivity contribution is -0.118. The van der Waals surface area contributed by atoms with Gasteiger partial charge in [0.15, 0.2) is 23.2 Å². The first-order valence-corrected chi connectivity index (χ1v) is 9.39. The first-order valence-electron chi connectivity index (χ1n) is 8.19. The van der Waals surface area contributed by atoms with Crippen LogP contribution < -0.4 is 14.8 Å². The highest BCUT2D eigenvalue weighted by atomic mass is 35.5. The molecular formula is C19H17ClN2O3S. The second-order valence-corrected chi connectivity index (χ2v) is 8.22. The van der Waals surface area contributed by atoms with Gasteiger partial charge < -0.3 is 9.47 Å². The summed E-state index contributed by atoms with van der Waals surface area (Å²) in [4.78, 5) is 16.6. The molecule has 0 fully saturated rings. The Labute approximate surface area is 159 Å². The van der Waals surface area contributed by atoms with Gasteiger partial charge in [0.2, 0.25) is 0 Å². The van der Waals surface area contributed by atoms with E-state index >= 15 is 0 Å². The van der Waals surface area contributed by atoms with E-state index in [1.54, 1.807) is 6.07 Å². The Bertz CT molecular complexity index is 1000. The molecule has 1 aliphatic heterocycles. The predicted molar refractivity (Wildman–Crippen MR) is 104 cm³/mol. The number of fused-ring (bicyclic) bond motifs is 2. The standard InChI is InChI=1S/C19H17ClN2O3S/c1-19(2)9-11-4-3-5-14(17(11)25-19)24-10-16(23)22-18-21-13-7-6-12(20)8-15(13)26-18/h3-8H,9-10H2,1-2H3,(H,21,22,23). The van der Waals surface area contributed by atoms with E-state index in [0.29, 0.717) is 15.9 Å². The van der Waals surface area contributed by atoms with Gasteiger partial charge in [-0.3, -0.25) is 10.1 Å². The van der Waals surface area contributed by atoms with Crippen molar-refractivity contribution in [2.24, 2.45) is 0 Å². The molecular weight excluding hydrogens is 372 g/mol. The number of halogens is 1. The molecule has 0 bridgehead atoms. The molecule has 2 heterocycles. The summed E-state index contributed by atoms with van der Waals surface area (Å²) in [6.07, 6.45) is 0.819. The van der Waals surface area contributed by atoms with Crippen molar-refractivity contribution in [2.45, 2.75) is 25.9 Å². The van der Waals surface area contributed by atoms with Crippen molar-refractivity contribution in [2.75, 3.05) is 11.9 Å². The zero-order valence-electron chi connectivity index (χ0n) is 14.3. The highest BCUT2D eigenvalue weighted by Gasteiger charge is 2.32. The molecule has 134 valence electrons. The second-order valence-electron chi connectivity index (χ2n) is 6.75. The molecule has 0 unspecified atom stereocenters. The molecule has 7 heteroatoms. The third-order valence-electron chi connectivity index (χ3n) is 4.01. The number of hydrogen-bond acceptors (Lipinski definition) is 5. The summed E-state index contributed by atoms with van der Waals surface area (Å²) in [5.41, 5.74) is 1.63. The summed E-state index contributed by atoms with van der Waals surface area (Å²) >= 11 is 7.35. The molecule has 1 aliphatic rings. The maximum atomic E-state index is 12.2. The van der Waals surface area contributed by atoms with Gasteiger partial charge in [-0.05, 0) is 38.1 Å². The average Bonchev–Trinajstić information content (AvgIpc) is 3.10. The lowest BCUT2D eigenvalue weighted by Gasteiger charge is -2.18. The van der Waals surface area contributed by atoms with Gasteiger partial charge in [-0.15, -0.1) is 0 Å². The molecule has 5 nitrogen and oxygen atoms in total. The van der Waals surface area contributed by atoms with Gasteiger partial charge in [-0.1, -0.05) is 35.1 Å². The van der Waals surface area contributed by atoms with E-state index in [-0.39, 0.29) is 18.1 Å². The number of nitrogens with zero attached hydrogens (tertiary/aromatic N) is 1. The molecule has 0 atom stereocenters. The van der Waals surface area contributed by atoms with Gasteiger partial charge in [-0.2, -0.15) is 0 Å². The molecule has 1 aromatic heterocycles. The minimum atomic E-state index is -0.273. The van der Waals surface area contributed by atoms with Crippen LogP contribution in [0.5, 0.6) is 11.5 Å². The van der Waals surface area contributed by atoms with E-state index in [4.69, 9.17) is 21.1 Å². The summed E-state index contributed by atoms with van der Waals surface area (Å²) in [7, 11) is 0. The van der Waals surface area contributed by atoms with Crippen LogP contribution in [0.4, 0.5) is 5.13 Å². The van der Waals surface area contributed by atoms with Gasteiger partial charge >= 0.3 is 0 Å². The fourth-order valence-corrected chi connectivity index (χ4v) is 4.11. The SMILES string of the molecule is CC1(C)Cc2cccc(OCC(=O)Nc3nc4ccc(Cl)cc4s3)c2O1. The summed E-state index contributed by atoms with van der Waals surface area (Å²) in [5, 5.41) is 3.93. The van der Waals surface area contributed by atoms with Crippen LogP contribution in [0.3, 0.4) is 0 Å². The number of nitrogens with one attached hydrogen (secondary N) is 1. The summed E-state index contributed by atoms with van der Waals surface area (Å²) in [6.45, 7) is 3.95. The molecule has 0 saturated heterocycles. The zero-order valence-corrected chi connectivity index (χ0v) is 15.9. The Morgan fingerprint density at radius 2 is 2.23 bits per heavy atom. The number of para-hydroxylation sites is 1. The quantitative estimate of drug-likeness (QED) is 0.704. The smallest absolute Gasteiger partial charge is 0.264 e. The number of amides is 1. The van der Waals surface area contributed by atoms with Crippen LogP contribution in [0.25, 0.3) is 10.2 Å². The minimum absolute atomic E-state index is 0.114. The normalized spacial score (nSPS) is 14.7. The highest BCUT2D eigenvalue weighted by molar-refractivity contribution is 7.22. The largest absolute Gasteiger partial charge is 0.483 e. The zero-order chi connectivity index (χ0) is 18.3. The van der Waals surface area contributed by atoms with E-state index in [1.807, 2.05) is 44.2 Å². The molecule has 0 radical (unpaired) electrons. The predicted octanol–water partition coefficient (Wildman–Crippen LogP) is 4.68. The van der Waals surface area contributed by atoms with E-state index in [0.717, 1.165) is 28.0 Å². The first kappa shape index (κ1) is 17.1. The molecule has 1 amide bonds. The van der Waals surface area contributed by atoms with Crippen molar-refractivity contribution in [3.8, 4) is 11.5 Å². The van der Waals surface area contributed by atoms with E-state index < -0.39 is 0 Å². The summed E-state index contributed by atoms with van der Waals surface area (Å²) < 4.78 is 12.6. The lowest BCUT2D eigenvalue weighted by atomic mass is 10.0. The monoisotopic (exact) mass is 388 g/mol. The Morgan fingerprint density at radius 1 is 1.38 bits per heavy atom. The van der Waals surface area contributed by atoms with Crippen molar-refractivity contribution in [1.82, 2.24) is 4.98 Å². The maximum Gasteiger partial charge on any atom is 0.264 e. The van der Waals surface area contributed by atoms with Crippen molar-refractivity contribution in [3.63, 3.8) is 0 Å². The van der Waals surface area contributed by atoms with Crippen molar-refractivity contribution >= 4 is 44.2 Å². The number of thiazole rings is 1. The van der Waals surface area contributed by atoms with Crippen LogP contribution >= 0.6 is 22.9 Å². The number of ether oxygens (including phenoxy) is 2. The molecule has 0 saturated carbocycles. The van der Waals surface area contributed by atoms with Crippen LogP contribution in [0.15, 0.2) is 36.4 Å². The summed E-state index contributed by atoms with van der Waals surface area (Å²) in [6, 6.07) is 11.2. The van der Waals surface area contributed by atoms with Crippen LogP contribution in [-0.4, -0.2) is 23.1 Å². The highest BCUT2D eigenvalue weighted by Crippen LogP contribution is 2.41. The maximum absolute atomic E-state index is 12.2. The number of hydrogen-bond donors (Lipinski definition) is 1. The van der Waals surface area contributed by atoms with Gasteiger partial charge in [0, 0.05) is 17.0 Å². The Kier molecular flexibility index (Phi) is 4.25. The number of carbonyl (C=O) groups is 1. The second kappa shape index (κ2) is 6.45. The molecule has 0 spiro atoms. The van der Waals surface area contributed by atoms with Crippen molar-refractivity contribution < 1.29 is 14.3 Å². The minimum Gasteiger partial charge on any atom is -0.483 e. The number of aromatic nitrogens is 1. The molecule has 26 heavy (non-hydrogen) atoms. The fraction of sp³-hybridized carbons (Fsp3) is 0.263. The molecule has 1 N–H and O–H groups in total. The average molecular weight is 389 g/mol. The Hall–Kier alpha value is -2.31. The van der Waals surface area contributed by atoms with Crippen molar-refractivity contribution in [3.05, 3.63) is 47.0 Å². The van der Waals surface area contributed by atoms with Gasteiger partial charge in [0.25, 0.3) is 5.91 Å². The van der Waals surface area contributed by atoms with Crippen LogP contribution in [0, 0.1) is 0 Å². The number of benzene rings is 2. The number of rotatable bonds is 4. The van der Waals surface area contributed by atoms with Crippen LogP contribution in [0.2, 0.25) is 5.02 Å². The molecule has 4 rings (SSSR count). The van der Waals surface area contributed by atoms with E-state index in [9.17, 15) is 4.79 Å². The number of anilines is 1. The van der Waals surface area contributed by atoms with Gasteiger partial charge in [0.1, 0.15) is 5.60 Å². The topological polar surface area (TPSA) is 60.5 Å². The van der Waals surface area contributed by atoms with Gasteiger partial charge in [-0.25, -0.2) is 4.98 Å². The first-order chi connectivity index (χ1) is 12.4.